The molecule has 3 aromatic carbocycles. The Balaban J connectivity index is 1.54. The lowest BCUT2D eigenvalue weighted by Crippen LogP contribution is -2.13. The molecule has 3 aromatic rings. The second-order valence-corrected chi connectivity index (χ2v) is 7.91. The predicted molar refractivity (Wildman–Crippen MR) is 125 cm³/mol. The fraction of sp³-hybridized carbons (Fsp3) is 0.231. The zero-order valence-corrected chi connectivity index (χ0v) is 18.1. The highest BCUT2D eigenvalue weighted by molar-refractivity contribution is 6.06. The lowest BCUT2D eigenvalue weighted by Gasteiger charge is -2.10. The van der Waals surface area contributed by atoms with Crippen LogP contribution in [0.25, 0.3) is 0 Å². The molecule has 31 heavy (non-hydrogen) atoms. The van der Waals surface area contributed by atoms with Gasteiger partial charge < -0.3 is 15.4 Å². The molecule has 0 aromatic heterocycles. The molecule has 0 aliphatic rings. The van der Waals surface area contributed by atoms with Crippen molar-refractivity contribution in [3.05, 3.63) is 89.5 Å². The predicted octanol–water partition coefficient (Wildman–Crippen LogP) is 5.92. The molecule has 0 atom stereocenters. The summed E-state index contributed by atoms with van der Waals surface area (Å²) in [5.74, 6) is 0.923. The molecule has 3 rings (SSSR count). The first-order valence-corrected chi connectivity index (χ1v) is 10.4. The van der Waals surface area contributed by atoms with Crippen molar-refractivity contribution >= 4 is 23.2 Å². The van der Waals surface area contributed by atoms with E-state index in [-0.39, 0.29) is 11.8 Å². The number of carbonyl (C=O) groups excluding carboxylic acids is 2. The second-order valence-electron chi connectivity index (χ2n) is 7.91. The molecule has 0 bridgehead atoms. The van der Waals surface area contributed by atoms with Crippen LogP contribution in [-0.2, 0) is 0 Å². The molecule has 5 heteroatoms. The first-order valence-electron chi connectivity index (χ1n) is 10.4. The number of benzene rings is 3. The third-order valence-corrected chi connectivity index (χ3v) is 4.79. The Morgan fingerprint density at radius 3 is 1.68 bits per heavy atom. The third-order valence-electron chi connectivity index (χ3n) is 4.79. The molecule has 0 aliphatic heterocycles. The zero-order valence-electron chi connectivity index (χ0n) is 18.1. The first kappa shape index (κ1) is 22.1. The molecule has 2 amide bonds. The fourth-order valence-corrected chi connectivity index (χ4v) is 2.86. The summed E-state index contributed by atoms with van der Waals surface area (Å²) in [5, 5.41) is 5.71. The van der Waals surface area contributed by atoms with Crippen LogP contribution in [-0.4, -0.2) is 18.4 Å². The summed E-state index contributed by atoms with van der Waals surface area (Å²) in [6, 6.07) is 21.5. The number of rotatable bonds is 8. The maximum Gasteiger partial charge on any atom is 0.255 e. The van der Waals surface area contributed by atoms with Gasteiger partial charge in [0, 0.05) is 22.5 Å². The molecule has 0 aliphatic carbocycles. The van der Waals surface area contributed by atoms with Gasteiger partial charge in [-0.3, -0.25) is 9.59 Å². The van der Waals surface area contributed by atoms with E-state index in [0.29, 0.717) is 29.3 Å². The Kier molecular flexibility index (Phi) is 7.44. The topological polar surface area (TPSA) is 67.4 Å². The standard InChI is InChI=1S/C26H28N2O3/c1-18(2)16-17-31-24-14-8-21(9-15-24)26(30)28-23-12-6-20(7-13-23)25(29)27-22-10-4-19(3)5-11-22/h4-15,18H,16-17H2,1-3H3,(H,27,29)(H,28,30). The number of aryl methyl sites for hydroxylation is 1. The number of hydrogen-bond donors (Lipinski definition) is 2. The Morgan fingerprint density at radius 2 is 1.19 bits per heavy atom. The van der Waals surface area contributed by atoms with Gasteiger partial charge in [0.2, 0.25) is 0 Å². The van der Waals surface area contributed by atoms with Crippen molar-refractivity contribution in [1.29, 1.82) is 0 Å². The molecule has 0 fully saturated rings. The molecular formula is C26H28N2O3. The smallest absolute Gasteiger partial charge is 0.255 e. The lowest BCUT2D eigenvalue weighted by atomic mass is 10.1. The van der Waals surface area contributed by atoms with E-state index in [1.165, 1.54) is 0 Å². The third kappa shape index (κ3) is 6.71. The van der Waals surface area contributed by atoms with Crippen LogP contribution < -0.4 is 15.4 Å². The van der Waals surface area contributed by atoms with Crippen LogP contribution in [0.4, 0.5) is 11.4 Å². The van der Waals surface area contributed by atoms with Gasteiger partial charge in [0.1, 0.15) is 5.75 Å². The Hall–Kier alpha value is -3.60. The lowest BCUT2D eigenvalue weighted by molar-refractivity contribution is 0.102. The van der Waals surface area contributed by atoms with Gasteiger partial charge in [0.25, 0.3) is 11.8 Å². The molecule has 0 saturated heterocycles. The molecule has 0 spiro atoms. The van der Waals surface area contributed by atoms with Gasteiger partial charge in [-0.2, -0.15) is 0 Å². The van der Waals surface area contributed by atoms with Crippen LogP contribution in [0.1, 0.15) is 46.5 Å². The quantitative estimate of drug-likeness (QED) is 0.479. The van der Waals surface area contributed by atoms with E-state index in [1.807, 2.05) is 31.2 Å². The molecule has 0 unspecified atom stereocenters. The van der Waals surface area contributed by atoms with E-state index in [4.69, 9.17) is 4.74 Å². The van der Waals surface area contributed by atoms with Crippen molar-refractivity contribution in [3.63, 3.8) is 0 Å². The minimum absolute atomic E-state index is 0.199. The van der Waals surface area contributed by atoms with Gasteiger partial charge in [-0.25, -0.2) is 0 Å². The minimum Gasteiger partial charge on any atom is -0.494 e. The van der Waals surface area contributed by atoms with E-state index in [0.717, 1.165) is 23.4 Å². The van der Waals surface area contributed by atoms with E-state index in [9.17, 15) is 9.59 Å². The normalized spacial score (nSPS) is 10.6. The van der Waals surface area contributed by atoms with Gasteiger partial charge in [0.05, 0.1) is 6.61 Å². The average Bonchev–Trinajstić information content (AvgIpc) is 2.76. The van der Waals surface area contributed by atoms with E-state index in [1.54, 1.807) is 48.5 Å². The number of hydrogen-bond acceptors (Lipinski definition) is 3. The molecular weight excluding hydrogens is 388 g/mol. The second kappa shape index (κ2) is 10.4. The number of carbonyl (C=O) groups is 2. The molecule has 160 valence electrons. The minimum atomic E-state index is -0.217. The zero-order chi connectivity index (χ0) is 22.2. The largest absolute Gasteiger partial charge is 0.494 e. The van der Waals surface area contributed by atoms with Crippen LogP contribution in [0.2, 0.25) is 0 Å². The summed E-state index contributed by atoms with van der Waals surface area (Å²) in [6.07, 6.45) is 0.987. The number of amides is 2. The summed E-state index contributed by atoms with van der Waals surface area (Å²) in [6.45, 7) is 6.96. The molecule has 5 nitrogen and oxygen atoms in total. The van der Waals surface area contributed by atoms with Crippen molar-refractivity contribution in [2.45, 2.75) is 27.2 Å². The van der Waals surface area contributed by atoms with Crippen LogP contribution in [0, 0.1) is 12.8 Å². The van der Waals surface area contributed by atoms with Crippen LogP contribution in [0.3, 0.4) is 0 Å². The van der Waals surface area contributed by atoms with E-state index >= 15 is 0 Å². The average molecular weight is 417 g/mol. The summed E-state index contributed by atoms with van der Waals surface area (Å²) >= 11 is 0. The van der Waals surface area contributed by atoms with Gasteiger partial charge in [-0.1, -0.05) is 31.5 Å². The summed E-state index contributed by atoms with van der Waals surface area (Å²) in [5.41, 5.74) is 3.55. The Labute approximate surface area is 183 Å². The van der Waals surface area contributed by atoms with Crippen molar-refractivity contribution in [3.8, 4) is 5.75 Å². The molecule has 2 N–H and O–H groups in total. The highest BCUT2D eigenvalue weighted by atomic mass is 16.5. The SMILES string of the molecule is Cc1ccc(NC(=O)c2ccc(NC(=O)c3ccc(OCCC(C)C)cc3)cc2)cc1. The van der Waals surface area contributed by atoms with Gasteiger partial charge in [-0.15, -0.1) is 0 Å². The number of ether oxygens (including phenoxy) is 1. The maximum atomic E-state index is 12.5. The van der Waals surface area contributed by atoms with Crippen molar-refractivity contribution in [1.82, 2.24) is 0 Å². The van der Waals surface area contributed by atoms with Gasteiger partial charge >= 0.3 is 0 Å². The van der Waals surface area contributed by atoms with Crippen LogP contribution in [0.15, 0.2) is 72.8 Å². The molecule has 0 radical (unpaired) electrons. The van der Waals surface area contributed by atoms with Crippen LogP contribution in [0.5, 0.6) is 5.75 Å². The highest BCUT2D eigenvalue weighted by Crippen LogP contribution is 2.17. The van der Waals surface area contributed by atoms with Crippen LogP contribution >= 0.6 is 0 Å². The Morgan fingerprint density at radius 1 is 0.742 bits per heavy atom. The number of nitrogens with one attached hydrogen (secondary N) is 2. The Bertz CT molecular complexity index is 1010. The summed E-state index contributed by atoms with van der Waals surface area (Å²) in [7, 11) is 0. The van der Waals surface area contributed by atoms with Crippen molar-refractivity contribution in [2.75, 3.05) is 17.2 Å². The van der Waals surface area contributed by atoms with Gasteiger partial charge in [-0.05, 0) is 79.9 Å². The summed E-state index contributed by atoms with van der Waals surface area (Å²) < 4.78 is 5.68. The molecule has 0 heterocycles. The van der Waals surface area contributed by atoms with Crippen molar-refractivity contribution in [2.24, 2.45) is 5.92 Å². The molecule has 0 saturated carbocycles. The fourth-order valence-electron chi connectivity index (χ4n) is 2.86. The van der Waals surface area contributed by atoms with Crippen molar-refractivity contribution < 1.29 is 14.3 Å². The van der Waals surface area contributed by atoms with Gasteiger partial charge in [0.15, 0.2) is 0 Å². The summed E-state index contributed by atoms with van der Waals surface area (Å²) in [4.78, 5) is 24.9. The highest BCUT2D eigenvalue weighted by Gasteiger charge is 2.09. The first-order chi connectivity index (χ1) is 14.9. The monoisotopic (exact) mass is 416 g/mol. The number of anilines is 2. The maximum absolute atomic E-state index is 12.5. The van der Waals surface area contributed by atoms with E-state index in [2.05, 4.69) is 24.5 Å². The van der Waals surface area contributed by atoms with E-state index < -0.39 is 0 Å².